The van der Waals surface area contributed by atoms with Crippen LogP contribution < -0.4 is 0 Å². The Morgan fingerprint density at radius 1 is 0.964 bits per heavy atom. The minimum absolute atomic E-state index is 0.0597. The molecule has 0 spiro atoms. The zero-order chi connectivity index (χ0) is 19.2. The zero-order valence-electron chi connectivity index (χ0n) is 16.2. The molecular formula is C24H27NO3. The number of hydrogen-bond donors (Lipinski definition) is 0. The second kappa shape index (κ2) is 9.18. The van der Waals surface area contributed by atoms with Gasteiger partial charge in [0.25, 0.3) is 0 Å². The van der Waals surface area contributed by atoms with Gasteiger partial charge in [0.2, 0.25) is 0 Å². The lowest BCUT2D eigenvalue weighted by atomic mass is 9.88. The molecule has 2 aliphatic heterocycles. The first kappa shape index (κ1) is 18.9. The summed E-state index contributed by atoms with van der Waals surface area (Å²) in [6, 6.07) is 21.2. The summed E-state index contributed by atoms with van der Waals surface area (Å²) in [5.41, 5.74) is 5.33. The summed E-state index contributed by atoms with van der Waals surface area (Å²) in [6.45, 7) is 3.37. The van der Waals surface area contributed by atoms with E-state index in [2.05, 4.69) is 65.6 Å². The van der Waals surface area contributed by atoms with Crippen molar-refractivity contribution in [1.29, 1.82) is 0 Å². The van der Waals surface area contributed by atoms with Gasteiger partial charge in [0.15, 0.2) is 0 Å². The fourth-order valence-electron chi connectivity index (χ4n) is 4.03. The van der Waals surface area contributed by atoms with Crippen molar-refractivity contribution in [2.75, 3.05) is 32.8 Å². The molecule has 146 valence electrons. The lowest BCUT2D eigenvalue weighted by Gasteiger charge is -2.29. The summed E-state index contributed by atoms with van der Waals surface area (Å²) < 4.78 is 10.8. The van der Waals surface area contributed by atoms with Crippen LogP contribution in [-0.2, 0) is 14.3 Å². The molecule has 28 heavy (non-hydrogen) atoms. The van der Waals surface area contributed by atoms with Crippen LogP contribution in [0.15, 0.2) is 66.2 Å². The van der Waals surface area contributed by atoms with Crippen LogP contribution in [0.3, 0.4) is 0 Å². The second-order valence-corrected chi connectivity index (χ2v) is 7.46. The topological polar surface area (TPSA) is 38.8 Å². The van der Waals surface area contributed by atoms with Gasteiger partial charge >= 0.3 is 5.97 Å². The Hall–Kier alpha value is -2.43. The van der Waals surface area contributed by atoms with Crippen LogP contribution in [0.5, 0.6) is 0 Å². The smallest absolute Gasteiger partial charge is 0.320 e. The first-order valence-electron chi connectivity index (χ1n) is 10.1. The highest BCUT2D eigenvalue weighted by molar-refractivity contribution is 5.82. The molecule has 2 aliphatic rings. The van der Waals surface area contributed by atoms with E-state index in [4.69, 9.17) is 9.47 Å². The third-order valence-corrected chi connectivity index (χ3v) is 5.48. The predicted molar refractivity (Wildman–Crippen MR) is 110 cm³/mol. The van der Waals surface area contributed by atoms with E-state index in [1.807, 2.05) is 0 Å². The molecule has 0 aromatic heterocycles. The maximum absolute atomic E-state index is 12.2. The molecule has 1 atom stereocenters. The van der Waals surface area contributed by atoms with E-state index in [-0.39, 0.29) is 12.1 Å². The lowest BCUT2D eigenvalue weighted by molar-refractivity contribution is -0.150. The second-order valence-electron chi connectivity index (χ2n) is 7.46. The van der Waals surface area contributed by atoms with Crippen molar-refractivity contribution in [2.24, 2.45) is 0 Å². The molecule has 0 amide bonds. The molecule has 0 N–H and O–H groups in total. The van der Waals surface area contributed by atoms with Crippen LogP contribution in [0.25, 0.3) is 5.57 Å². The minimum Gasteiger partial charge on any atom is -0.459 e. The van der Waals surface area contributed by atoms with E-state index in [1.165, 1.54) is 22.3 Å². The average Bonchev–Trinajstić information content (AvgIpc) is 3.24. The van der Waals surface area contributed by atoms with E-state index in [0.717, 1.165) is 32.4 Å². The number of esters is 1. The number of likely N-dealkylation sites (tertiary alicyclic amines) is 1. The van der Waals surface area contributed by atoms with E-state index < -0.39 is 0 Å². The Balaban J connectivity index is 1.44. The number of nitrogens with zero attached hydrogens (tertiary/aromatic N) is 1. The normalized spacial score (nSPS) is 20.1. The van der Waals surface area contributed by atoms with Crippen molar-refractivity contribution in [3.05, 3.63) is 77.4 Å². The van der Waals surface area contributed by atoms with Crippen LogP contribution in [0.2, 0.25) is 0 Å². The van der Waals surface area contributed by atoms with Crippen LogP contribution in [0.1, 0.15) is 30.4 Å². The maximum atomic E-state index is 12.2. The molecule has 4 rings (SSSR count). The summed E-state index contributed by atoms with van der Waals surface area (Å²) in [5, 5.41) is 0. The zero-order valence-corrected chi connectivity index (χ0v) is 16.2. The Morgan fingerprint density at radius 2 is 1.57 bits per heavy atom. The third kappa shape index (κ3) is 4.70. The standard InChI is InChI=1S/C24H27NO3/c26-23(28-22-13-16-27-18-22)17-25-14-11-21(12-15-25)24(19-7-3-1-4-8-19)20-9-5-2-6-10-20/h1-10,22H,11-18H2. The Labute approximate surface area is 166 Å². The number of benzene rings is 2. The van der Waals surface area contributed by atoms with E-state index in [1.54, 1.807) is 0 Å². The highest BCUT2D eigenvalue weighted by Gasteiger charge is 2.24. The minimum atomic E-state index is -0.130. The number of rotatable bonds is 5. The lowest BCUT2D eigenvalue weighted by Crippen LogP contribution is -2.37. The molecule has 2 aromatic carbocycles. The number of piperidine rings is 1. The van der Waals surface area contributed by atoms with E-state index in [9.17, 15) is 4.79 Å². The van der Waals surface area contributed by atoms with Gasteiger partial charge in [-0.15, -0.1) is 0 Å². The highest BCUT2D eigenvalue weighted by atomic mass is 16.6. The Morgan fingerprint density at radius 3 is 2.11 bits per heavy atom. The largest absolute Gasteiger partial charge is 0.459 e. The molecule has 0 saturated carbocycles. The van der Waals surface area contributed by atoms with Gasteiger partial charge in [0.05, 0.1) is 19.8 Å². The highest BCUT2D eigenvalue weighted by Crippen LogP contribution is 2.32. The summed E-state index contributed by atoms with van der Waals surface area (Å²) in [6.07, 6.45) is 2.70. The molecule has 0 radical (unpaired) electrons. The quantitative estimate of drug-likeness (QED) is 0.741. The molecule has 1 unspecified atom stereocenters. The number of carbonyl (C=O) groups excluding carboxylic acids is 1. The first-order chi connectivity index (χ1) is 13.8. The van der Waals surface area contributed by atoms with E-state index in [0.29, 0.717) is 19.8 Å². The number of ether oxygens (including phenoxy) is 2. The maximum Gasteiger partial charge on any atom is 0.320 e. The van der Waals surface area contributed by atoms with Crippen LogP contribution >= 0.6 is 0 Å². The van der Waals surface area contributed by atoms with Crippen molar-refractivity contribution in [3.8, 4) is 0 Å². The third-order valence-electron chi connectivity index (χ3n) is 5.48. The van der Waals surface area contributed by atoms with Crippen LogP contribution in [-0.4, -0.2) is 49.8 Å². The number of carbonyl (C=O) groups is 1. The average molecular weight is 377 g/mol. The van der Waals surface area contributed by atoms with Gasteiger partial charge < -0.3 is 9.47 Å². The molecular weight excluding hydrogens is 350 g/mol. The van der Waals surface area contributed by atoms with Crippen molar-refractivity contribution in [1.82, 2.24) is 4.90 Å². The monoisotopic (exact) mass is 377 g/mol. The molecule has 0 aliphatic carbocycles. The van der Waals surface area contributed by atoms with Crippen molar-refractivity contribution < 1.29 is 14.3 Å². The van der Waals surface area contributed by atoms with Gasteiger partial charge in [-0.25, -0.2) is 0 Å². The summed E-state index contributed by atoms with van der Waals surface area (Å²) in [5.74, 6) is -0.130. The van der Waals surface area contributed by atoms with Gasteiger partial charge in [0.1, 0.15) is 6.10 Å². The first-order valence-corrected chi connectivity index (χ1v) is 10.1. The molecule has 2 fully saturated rings. The Kier molecular flexibility index (Phi) is 6.20. The molecule has 0 bridgehead atoms. The molecule has 4 nitrogen and oxygen atoms in total. The molecule has 2 aromatic rings. The molecule has 2 saturated heterocycles. The summed E-state index contributed by atoms with van der Waals surface area (Å²) in [7, 11) is 0. The molecule has 4 heteroatoms. The van der Waals surface area contributed by atoms with Crippen molar-refractivity contribution in [3.63, 3.8) is 0 Å². The van der Waals surface area contributed by atoms with Gasteiger partial charge in [-0.2, -0.15) is 0 Å². The van der Waals surface area contributed by atoms with Crippen molar-refractivity contribution >= 4 is 11.5 Å². The summed E-state index contributed by atoms with van der Waals surface area (Å²) >= 11 is 0. The summed E-state index contributed by atoms with van der Waals surface area (Å²) in [4.78, 5) is 14.4. The van der Waals surface area contributed by atoms with Gasteiger partial charge in [-0.05, 0) is 29.5 Å². The predicted octanol–water partition coefficient (Wildman–Crippen LogP) is 3.92. The Bertz CT molecular complexity index is 759. The fraction of sp³-hybridized carbons (Fsp3) is 0.375. The molecule has 2 heterocycles. The van der Waals surface area contributed by atoms with E-state index >= 15 is 0 Å². The van der Waals surface area contributed by atoms with Gasteiger partial charge in [-0.3, -0.25) is 9.69 Å². The fourth-order valence-corrected chi connectivity index (χ4v) is 4.03. The number of hydrogen-bond acceptors (Lipinski definition) is 4. The van der Waals surface area contributed by atoms with Crippen LogP contribution in [0, 0.1) is 0 Å². The van der Waals surface area contributed by atoms with Gasteiger partial charge in [0, 0.05) is 19.5 Å². The van der Waals surface area contributed by atoms with Crippen molar-refractivity contribution in [2.45, 2.75) is 25.4 Å². The van der Waals surface area contributed by atoms with Gasteiger partial charge in [-0.1, -0.05) is 66.2 Å². The SMILES string of the molecule is O=C(CN1CCC(=C(c2ccccc2)c2ccccc2)CC1)OC1CCOC1. The van der Waals surface area contributed by atoms with Crippen LogP contribution in [0.4, 0.5) is 0 Å².